The normalized spacial score (nSPS) is 10.8. The van der Waals surface area contributed by atoms with Gasteiger partial charge in [0, 0.05) is 11.9 Å². The number of aromatic nitrogens is 3. The van der Waals surface area contributed by atoms with E-state index in [0.29, 0.717) is 35.2 Å². The second kappa shape index (κ2) is 7.40. The number of fused-ring (bicyclic) bond motifs is 1. The Kier molecular flexibility index (Phi) is 5.02. The molecule has 0 unspecified atom stereocenters. The number of hydrogen-bond donors (Lipinski definition) is 2. The number of benzene rings is 1. The van der Waals surface area contributed by atoms with Crippen LogP contribution >= 0.6 is 0 Å². The molecule has 1 aromatic carbocycles. The Morgan fingerprint density at radius 1 is 1.11 bits per heavy atom. The molecule has 2 amide bonds. The van der Waals surface area contributed by atoms with Crippen molar-refractivity contribution in [3.63, 3.8) is 0 Å². The Hall–Kier alpha value is -3.49. The van der Waals surface area contributed by atoms with Gasteiger partial charge in [-0.05, 0) is 26.3 Å². The zero-order valence-corrected chi connectivity index (χ0v) is 15.2. The van der Waals surface area contributed by atoms with Crippen LogP contribution in [0.4, 0.5) is 0 Å². The number of carbonyl (C=O) groups excluding carboxylic acids is 2. The van der Waals surface area contributed by atoms with E-state index < -0.39 is 11.8 Å². The Morgan fingerprint density at radius 3 is 2.41 bits per heavy atom. The Bertz CT molecular complexity index is 1060. The molecular formula is C18H19N5O4. The van der Waals surface area contributed by atoms with Crippen LogP contribution in [-0.4, -0.2) is 26.8 Å². The predicted molar refractivity (Wildman–Crippen MR) is 97.2 cm³/mol. The van der Waals surface area contributed by atoms with Crippen molar-refractivity contribution >= 4 is 22.6 Å². The van der Waals surface area contributed by atoms with Gasteiger partial charge < -0.3 is 4.52 Å². The summed E-state index contributed by atoms with van der Waals surface area (Å²) in [7, 11) is 0. The summed E-state index contributed by atoms with van der Waals surface area (Å²) in [5, 5.41) is 8.69. The van der Waals surface area contributed by atoms with Crippen molar-refractivity contribution in [2.75, 3.05) is 0 Å². The summed E-state index contributed by atoms with van der Waals surface area (Å²) >= 11 is 0. The Labute approximate surface area is 154 Å². The highest BCUT2D eigenvalue weighted by atomic mass is 16.5. The molecule has 27 heavy (non-hydrogen) atoms. The van der Waals surface area contributed by atoms with Gasteiger partial charge in [0.2, 0.25) is 0 Å². The van der Waals surface area contributed by atoms with Gasteiger partial charge in [-0.25, -0.2) is 4.68 Å². The maximum atomic E-state index is 12.6. The molecule has 0 saturated heterocycles. The van der Waals surface area contributed by atoms with E-state index in [1.54, 1.807) is 38.1 Å². The number of rotatable bonds is 4. The number of aryl methyl sites for hydroxylation is 3. The third-order valence-electron chi connectivity index (χ3n) is 4.07. The molecular weight excluding hydrogens is 350 g/mol. The molecule has 0 aliphatic heterocycles. The number of nitrogens with one attached hydrogen (secondary N) is 2. The van der Waals surface area contributed by atoms with Gasteiger partial charge in [0.05, 0.1) is 11.1 Å². The van der Waals surface area contributed by atoms with Crippen molar-refractivity contribution in [3.05, 3.63) is 57.3 Å². The fourth-order valence-electron chi connectivity index (χ4n) is 2.81. The summed E-state index contributed by atoms with van der Waals surface area (Å²) in [5.41, 5.74) is 5.13. The van der Waals surface area contributed by atoms with Crippen molar-refractivity contribution in [2.45, 2.75) is 33.7 Å². The minimum atomic E-state index is -0.629. The van der Waals surface area contributed by atoms with Crippen LogP contribution < -0.4 is 16.4 Å². The number of hydrogen-bond acceptors (Lipinski definition) is 6. The molecule has 0 fully saturated rings. The van der Waals surface area contributed by atoms with E-state index in [1.807, 2.05) is 6.92 Å². The second-order valence-electron chi connectivity index (χ2n) is 6.03. The lowest BCUT2D eigenvalue weighted by atomic mass is 10.1. The number of amides is 2. The van der Waals surface area contributed by atoms with Crippen LogP contribution in [0.25, 0.3) is 10.8 Å². The first-order chi connectivity index (χ1) is 12.9. The second-order valence-corrected chi connectivity index (χ2v) is 6.03. The standard InChI is InChI=1S/C18H19N5O4/c1-4-9-23-18(26)13-8-6-5-7-12(13)15(21-23)17(25)20-19-16(24)14-10(2)22-27-11(14)3/h5-8H,4,9H2,1-3H3,(H,19,24)(H,20,25). The molecule has 0 aliphatic rings. The van der Waals surface area contributed by atoms with Crippen molar-refractivity contribution < 1.29 is 14.1 Å². The molecule has 0 atom stereocenters. The summed E-state index contributed by atoms with van der Waals surface area (Å²) < 4.78 is 6.20. The van der Waals surface area contributed by atoms with Crippen molar-refractivity contribution in [1.29, 1.82) is 0 Å². The third kappa shape index (κ3) is 3.43. The number of carbonyl (C=O) groups is 2. The predicted octanol–water partition coefficient (Wildman–Crippen LogP) is 1.49. The first-order valence-corrected chi connectivity index (χ1v) is 8.47. The van der Waals surface area contributed by atoms with Crippen molar-refractivity contribution in [1.82, 2.24) is 25.8 Å². The van der Waals surface area contributed by atoms with Gasteiger partial charge in [-0.3, -0.25) is 25.2 Å². The topological polar surface area (TPSA) is 119 Å². The van der Waals surface area contributed by atoms with Crippen LogP contribution in [-0.2, 0) is 6.54 Å². The summed E-state index contributed by atoms with van der Waals surface area (Å²) in [4.78, 5) is 37.4. The van der Waals surface area contributed by atoms with Crippen LogP contribution in [0.1, 0.15) is 45.6 Å². The van der Waals surface area contributed by atoms with Crippen molar-refractivity contribution in [2.24, 2.45) is 0 Å². The number of nitrogens with zero attached hydrogens (tertiary/aromatic N) is 3. The van der Waals surface area contributed by atoms with E-state index in [9.17, 15) is 14.4 Å². The Morgan fingerprint density at radius 2 is 1.78 bits per heavy atom. The number of hydrazine groups is 1. The molecule has 2 N–H and O–H groups in total. The van der Waals surface area contributed by atoms with Gasteiger partial charge >= 0.3 is 0 Å². The molecule has 140 valence electrons. The largest absolute Gasteiger partial charge is 0.361 e. The van der Waals surface area contributed by atoms with Crippen LogP contribution in [0, 0.1) is 13.8 Å². The lowest BCUT2D eigenvalue weighted by Gasteiger charge is -2.11. The lowest BCUT2D eigenvalue weighted by Crippen LogP contribution is -2.43. The van der Waals surface area contributed by atoms with Crippen molar-refractivity contribution in [3.8, 4) is 0 Å². The highest BCUT2D eigenvalue weighted by Crippen LogP contribution is 2.14. The first-order valence-electron chi connectivity index (χ1n) is 8.47. The summed E-state index contributed by atoms with van der Waals surface area (Å²) in [6.45, 7) is 5.53. The fraction of sp³-hybridized carbons (Fsp3) is 0.278. The van der Waals surface area contributed by atoms with E-state index in [1.165, 1.54) is 4.68 Å². The quantitative estimate of drug-likeness (QED) is 0.673. The average Bonchev–Trinajstić information content (AvgIpc) is 3.00. The molecule has 0 aliphatic carbocycles. The molecule has 2 heterocycles. The molecule has 3 rings (SSSR count). The monoisotopic (exact) mass is 369 g/mol. The molecule has 9 heteroatoms. The molecule has 0 spiro atoms. The van der Waals surface area contributed by atoms with E-state index in [4.69, 9.17) is 4.52 Å². The van der Waals surface area contributed by atoms with Crippen LogP contribution in [0.2, 0.25) is 0 Å². The van der Waals surface area contributed by atoms with Gasteiger partial charge in [-0.1, -0.05) is 30.3 Å². The van der Waals surface area contributed by atoms with Gasteiger partial charge in [0.1, 0.15) is 11.3 Å². The van der Waals surface area contributed by atoms with Gasteiger partial charge in [0.15, 0.2) is 5.69 Å². The van der Waals surface area contributed by atoms with E-state index in [0.717, 1.165) is 0 Å². The summed E-state index contributed by atoms with van der Waals surface area (Å²) in [5.74, 6) is -0.832. The zero-order chi connectivity index (χ0) is 19.6. The van der Waals surface area contributed by atoms with Crippen LogP contribution in [0.5, 0.6) is 0 Å². The van der Waals surface area contributed by atoms with Crippen LogP contribution in [0.3, 0.4) is 0 Å². The maximum absolute atomic E-state index is 12.6. The first kappa shape index (κ1) is 18.3. The third-order valence-corrected chi connectivity index (χ3v) is 4.07. The maximum Gasteiger partial charge on any atom is 0.290 e. The minimum absolute atomic E-state index is 0.0534. The summed E-state index contributed by atoms with van der Waals surface area (Å²) in [6.07, 6.45) is 0.690. The molecule has 2 aromatic heterocycles. The minimum Gasteiger partial charge on any atom is -0.361 e. The van der Waals surface area contributed by atoms with E-state index in [2.05, 4.69) is 21.1 Å². The van der Waals surface area contributed by atoms with E-state index >= 15 is 0 Å². The Balaban J connectivity index is 1.90. The lowest BCUT2D eigenvalue weighted by molar-refractivity contribution is 0.0842. The fourth-order valence-corrected chi connectivity index (χ4v) is 2.81. The molecule has 3 aromatic rings. The molecule has 0 bridgehead atoms. The van der Waals surface area contributed by atoms with Crippen LogP contribution in [0.15, 0.2) is 33.6 Å². The smallest absolute Gasteiger partial charge is 0.290 e. The molecule has 0 saturated carbocycles. The van der Waals surface area contributed by atoms with Gasteiger partial charge in [-0.2, -0.15) is 5.10 Å². The molecule has 0 radical (unpaired) electrons. The van der Waals surface area contributed by atoms with Gasteiger partial charge in [0.25, 0.3) is 17.4 Å². The zero-order valence-electron chi connectivity index (χ0n) is 15.2. The molecule has 9 nitrogen and oxygen atoms in total. The highest BCUT2D eigenvalue weighted by molar-refractivity contribution is 6.06. The highest BCUT2D eigenvalue weighted by Gasteiger charge is 2.20. The average molecular weight is 369 g/mol. The SMILES string of the molecule is CCCn1nc(C(=O)NNC(=O)c2c(C)noc2C)c2ccccc2c1=O. The summed E-state index contributed by atoms with van der Waals surface area (Å²) in [6, 6.07) is 6.73. The van der Waals surface area contributed by atoms with E-state index in [-0.39, 0.29) is 16.8 Å². The van der Waals surface area contributed by atoms with Gasteiger partial charge in [-0.15, -0.1) is 0 Å².